The van der Waals surface area contributed by atoms with Gasteiger partial charge < -0.3 is 19.5 Å². The first-order valence-electron chi connectivity index (χ1n) is 7.45. The molecule has 1 aromatic rings. The summed E-state index contributed by atoms with van der Waals surface area (Å²) < 4.78 is 16.6. The number of hydrogen-bond donors (Lipinski definition) is 1. The fourth-order valence-electron chi connectivity index (χ4n) is 3.16. The molecule has 0 amide bonds. The van der Waals surface area contributed by atoms with Gasteiger partial charge in [-0.05, 0) is 31.9 Å². The maximum absolute atomic E-state index is 5.84. The highest BCUT2D eigenvalue weighted by Gasteiger charge is 2.51. The van der Waals surface area contributed by atoms with E-state index in [1.165, 1.54) is 0 Å². The topological polar surface area (TPSA) is 39.7 Å². The number of benzene rings is 1. The molecule has 3 rings (SSSR count). The molecule has 20 heavy (non-hydrogen) atoms. The third-order valence-electron chi connectivity index (χ3n) is 4.82. The predicted molar refractivity (Wildman–Crippen MR) is 78.4 cm³/mol. The minimum atomic E-state index is 0.201. The predicted octanol–water partition coefficient (Wildman–Crippen LogP) is 3.42. The average Bonchev–Trinajstić information content (AvgIpc) is 2.92. The fourth-order valence-corrected chi connectivity index (χ4v) is 3.16. The summed E-state index contributed by atoms with van der Waals surface area (Å²) in [6, 6.07) is 6.49. The smallest absolute Gasteiger partial charge is 0.231 e. The van der Waals surface area contributed by atoms with Crippen LogP contribution >= 0.6 is 0 Å². The van der Waals surface area contributed by atoms with Crippen LogP contribution in [0.15, 0.2) is 18.2 Å². The zero-order valence-electron chi connectivity index (χ0n) is 12.4. The summed E-state index contributed by atoms with van der Waals surface area (Å²) in [7, 11) is 0. The van der Waals surface area contributed by atoms with Gasteiger partial charge in [0.2, 0.25) is 6.79 Å². The Hall–Kier alpha value is -1.42. The van der Waals surface area contributed by atoms with Crippen LogP contribution in [0.5, 0.6) is 11.5 Å². The van der Waals surface area contributed by atoms with E-state index < -0.39 is 0 Å². The summed E-state index contributed by atoms with van der Waals surface area (Å²) in [6.07, 6.45) is 2.54. The number of ether oxygens (including phenoxy) is 3. The van der Waals surface area contributed by atoms with Crippen LogP contribution in [0.2, 0.25) is 0 Å². The van der Waals surface area contributed by atoms with Crippen molar-refractivity contribution in [3.05, 3.63) is 18.2 Å². The van der Waals surface area contributed by atoms with Gasteiger partial charge in [-0.15, -0.1) is 0 Å². The normalized spacial score (nSPS) is 30.9. The molecule has 0 aromatic heterocycles. The standard InChI is InChI=1S/C16H23NO3/c1-4-16(3)14(9-15(16)18-5-2)17-11-6-7-12-13(8-11)20-10-19-12/h6-8,14-15,17H,4-5,9-10H2,1-3H3. The maximum atomic E-state index is 5.84. The second-order valence-electron chi connectivity index (χ2n) is 5.80. The van der Waals surface area contributed by atoms with Gasteiger partial charge in [0.05, 0.1) is 6.10 Å². The summed E-state index contributed by atoms with van der Waals surface area (Å²) in [6.45, 7) is 7.72. The minimum Gasteiger partial charge on any atom is -0.454 e. The second-order valence-corrected chi connectivity index (χ2v) is 5.80. The molecule has 3 unspecified atom stereocenters. The van der Waals surface area contributed by atoms with Crippen LogP contribution in [0, 0.1) is 5.41 Å². The van der Waals surface area contributed by atoms with Gasteiger partial charge in [-0.25, -0.2) is 0 Å². The molecular weight excluding hydrogens is 254 g/mol. The first-order chi connectivity index (χ1) is 9.67. The van der Waals surface area contributed by atoms with Gasteiger partial charge in [-0.3, -0.25) is 0 Å². The van der Waals surface area contributed by atoms with Crippen molar-refractivity contribution in [3.63, 3.8) is 0 Å². The van der Waals surface area contributed by atoms with Crippen molar-refractivity contribution in [2.75, 3.05) is 18.7 Å². The van der Waals surface area contributed by atoms with Crippen LogP contribution in [0.4, 0.5) is 5.69 Å². The molecule has 4 heteroatoms. The highest BCUT2D eigenvalue weighted by molar-refractivity contribution is 5.56. The van der Waals surface area contributed by atoms with Crippen molar-refractivity contribution < 1.29 is 14.2 Å². The Morgan fingerprint density at radius 1 is 1.30 bits per heavy atom. The molecular formula is C16H23NO3. The van der Waals surface area contributed by atoms with Crippen molar-refractivity contribution in [1.29, 1.82) is 0 Å². The molecule has 1 saturated carbocycles. The van der Waals surface area contributed by atoms with E-state index in [9.17, 15) is 0 Å². The zero-order valence-corrected chi connectivity index (χ0v) is 12.4. The third-order valence-corrected chi connectivity index (χ3v) is 4.82. The Labute approximate surface area is 120 Å². The maximum Gasteiger partial charge on any atom is 0.231 e. The van der Waals surface area contributed by atoms with Gasteiger partial charge in [0.15, 0.2) is 11.5 Å². The largest absolute Gasteiger partial charge is 0.454 e. The van der Waals surface area contributed by atoms with Crippen LogP contribution < -0.4 is 14.8 Å². The molecule has 110 valence electrons. The van der Waals surface area contributed by atoms with Gasteiger partial charge in [0.25, 0.3) is 0 Å². The average molecular weight is 277 g/mol. The summed E-state index contributed by atoms with van der Waals surface area (Å²) in [5.41, 5.74) is 1.29. The lowest BCUT2D eigenvalue weighted by Crippen LogP contribution is -2.59. The van der Waals surface area contributed by atoms with Crippen molar-refractivity contribution >= 4 is 5.69 Å². The highest BCUT2D eigenvalue weighted by atomic mass is 16.7. The van der Waals surface area contributed by atoms with Crippen molar-refractivity contribution in [3.8, 4) is 11.5 Å². The number of fused-ring (bicyclic) bond motifs is 1. The molecule has 4 nitrogen and oxygen atoms in total. The number of anilines is 1. The summed E-state index contributed by atoms with van der Waals surface area (Å²) >= 11 is 0. The monoisotopic (exact) mass is 277 g/mol. The molecule has 1 fully saturated rings. The van der Waals surface area contributed by atoms with Crippen LogP contribution in [-0.4, -0.2) is 25.5 Å². The Morgan fingerprint density at radius 3 is 2.85 bits per heavy atom. The van der Waals surface area contributed by atoms with Gasteiger partial charge in [0, 0.05) is 29.8 Å². The lowest BCUT2D eigenvalue weighted by molar-refractivity contribution is -0.109. The lowest BCUT2D eigenvalue weighted by atomic mass is 9.61. The van der Waals surface area contributed by atoms with Crippen LogP contribution in [0.25, 0.3) is 0 Å². The van der Waals surface area contributed by atoms with E-state index in [0.717, 1.165) is 36.6 Å². The Kier molecular flexibility index (Phi) is 3.50. The fraction of sp³-hybridized carbons (Fsp3) is 0.625. The molecule has 0 spiro atoms. The molecule has 2 aliphatic rings. The molecule has 1 heterocycles. The summed E-state index contributed by atoms with van der Waals surface area (Å²) in [5.74, 6) is 1.66. The van der Waals surface area contributed by atoms with Crippen LogP contribution in [0.3, 0.4) is 0 Å². The van der Waals surface area contributed by atoms with Gasteiger partial charge >= 0.3 is 0 Å². The van der Waals surface area contributed by atoms with Crippen molar-refractivity contribution in [2.45, 2.75) is 45.8 Å². The van der Waals surface area contributed by atoms with E-state index >= 15 is 0 Å². The van der Waals surface area contributed by atoms with Gasteiger partial charge in [-0.1, -0.05) is 13.8 Å². The van der Waals surface area contributed by atoms with Crippen LogP contribution in [0.1, 0.15) is 33.6 Å². The van der Waals surface area contributed by atoms with E-state index in [1.807, 2.05) is 12.1 Å². The van der Waals surface area contributed by atoms with E-state index in [0.29, 0.717) is 18.9 Å². The van der Waals surface area contributed by atoms with Crippen molar-refractivity contribution in [1.82, 2.24) is 0 Å². The molecule has 0 radical (unpaired) electrons. The molecule has 1 N–H and O–H groups in total. The number of nitrogens with one attached hydrogen (secondary N) is 1. The Bertz CT molecular complexity index is 491. The van der Waals surface area contributed by atoms with Crippen LogP contribution in [-0.2, 0) is 4.74 Å². The molecule has 3 atom stereocenters. The second kappa shape index (κ2) is 5.17. The molecule has 0 saturated heterocycles. The first kappa shape index (κ1) is 13.6. The summed E-state index contributed by atoms with van der Waals surface area (Å²) in [4.78, 5) is 0. The van der Waals surface area contributed by atoms with Gasteiger partial charge in [0.1, 0.15) is 0 Å². The SMILES string of the molecule is CCOC1CC(Nc2ccc3c(c2)OCO3)C1(C)CC. The lowest BCUT2D eigenvalue weighted by Gasteiger charge is -2.53. The quantitative estimate of drug-likeness (QED) is 0.895. The highest BCUT2D eigenvalue weighted by Crippen LogP contribution is 2.47. The number of hydrogen-bond acceptors (Lipinski definition) is 4. The molecule has 0 bridgehead atoms. The van der Waals surface area contributed by atoms with Gasteiger partial charge in [-0.2, -0.15) is 0 Å². The number of rotatable bonds is 5. The Morgan fingerprint density at radius 2 is 2.10 bits per heavy atom. The zero-order chi connectivity index (χ0) is 14.2. The first-order valence-corrected chi connectivity index (χ1v) is 7.45. The minimum absolute atomic E-state index is 0.201. The van der Waals surface area contributed by atoms with Crippen molar-refractivity contribution in [2.24, 2.45) is 5.41 Å². The Balaban J connectivity index is 1.69. The molecule has 1 aromatic carbocycles. The summed E-state index contributed by atoms with van der Waals surface area (Å²) in [5, 5.41) is 3.62. The van der Waals surface area contributed by atoms with E-state index in [2.05, 4.69) is 32.2 Å². The van der Waals surface area contributed by atoms with E-state index in [-0.39, 0.29) is 5.41 Å². The van der Waals surface area contributed by atoms with E-state index in [4.69, 9.17) is 14.2 Å². The molecule has 1 aliphatic carbocycles. The molecule has 1 aliphatic heterocycles. The van der Waals surface area contributed by atoms with E-state index in [1.54, 1.807) is 0 Å². The third kappa shape index (κ3) is 2.12.